The molecule has 0 radical (unpaired) electrons. The summed E-state index contributed by atoms with van der Waals surface area (Å²) >= 11 is 3.18. The van der Waals surface area contributed by atoms with Gasteiger partial charge in [0.05, 0.1) is 17.1 Å². The van der Waals surface area contributed by atoms with Crippen molar-refractivity contribution in [3.63, 3.8) is 0 Å². The summed E-state index contributed by atoms with van der Waals surface area (Å²) in [5, 5.41) is 2.53. The number of anilines is 1. The Bertz CT molecular complexity index is 888. The first-order chi connectivity index (χ1) is 12.2. The highest BCUT2D eigenvalue weighted by Crippen LogP contribution is 2.19. The molecule has 2 aromatic rings. The Labute approximate surface area is 159 Å². The van der Waals surface area contributed by atoms with Crippen LogP contribution in [0.2, 0.25) is 0 Å². The molecule has 140 valence electrons. The molecule has 1 unspecified atom stereocenters. The van der Waals surface area contributed by atoms with Crippen LogP contribution in [-0.2, 0) is 14.8 Å². The molecule has 0 aliphatic heterocycles. The number of rotatable bonds is 7. The van der Waals surface area contributed by atoms with E-state index in [4.69, 9.17) is 4.74 Å². The molecule has 0 heterocycles. The van der Waals surface area contributed by atoms with E-state index in [2.05, 4.69) is 26.0 Å². The molecule has 0 aliphatic rings. The summed E-state index contributed by atoms with van der Waals surface area (Å²) in [5.74, 6) is -1.28. The minimum Gasteiger partial charge on any atom is -0.383 e. The molecule has 2 rings (SSSR count). The largest absolute Gasteiger partial charge is 0.383 e. The topological polar surface area (TPSA) is 84.5 Å². The molecule has 1 atom stereocenters. The van der Waals surface area contributed by atoms with E-state index in [1.54, 1.807) is 6.92 Å². The van der Waals surface area contributed by atoms with Gasteiger partial charge >= 0.3 is 0 Å². The van der Waals surface area contributed by atoms with E-state index in [-0.39, 0.29) is 23.1 Å². The summed E-state index contributed by atoms with van der Waals surface area (Å²) in [4.78, 5) is 12.2. The van der Waals surface area contributed by atoms with E-state index < -0.39 is 21.7 Å². The number of carbonyl (C=O) groups is 1. The summed E-state index contributed by atoms with van der Waals surface area (Å²) in [7, 11) is -2.22. The van der Waals surface area contributed by atoms with Gasteiger partial charge in [-0.15, -0.1) is 0 Å². The molecule has 0 aromatic heterocycles. The van der Waals surface area contributed by atoms with Crippen LogP contribution in [0.4, 0.5) is 10.1 Å². The van der Waals surface area contributed by atoms with Crippen LogP contribution < -0.4 is 10.0 Å². The van der Waals surface area contributed by atoms with Gasteiger partial charge in [0, 0.05) is 23.3 Å². The number of benzene rings is 2. The fourth-order valence-corrected chi connectivity index (χ4v) is 3.79. The zero-order chi connectivity index (χ0) is 19.3. The van der Waals surface area contributed by atoms with Gasteiger partial charge < -0.3 is 10.1 Å². The SMILES string of the molecule is COCC(C)NS(=O)(=O)c1ccc(NC(=O)c2cc(Br)ccc2F)cc1. The number of sulfonamides is 1. The Kier molecular flexibility index (Phi) is 6.87. The molecule has 26 heavy (non-hydrogen) atoms. The van der Waals surface area contributed by atoms with Crippen molar-refractivity contribution in [1.82, 2.24) is 4.72 Å². The maximum absolute atomic E-state index is 13.7. The van der Waals surface area contributed by atoms with Crippen molar-refractivity contribution in [1.29, 1.82) is 0 Å². The zero-order valence-electron chi connectivity index (χ0n) is 14.1. The van der Waals surface area contributed by atoms with E-state index in [9.17, 15) is 17.6 Å². The fraction of sp³-hybridized carbons (Fsp3) is 0.235. The molecule has 0 fully saturated rings. The van der Waals surface area contributed by atoms with Gasteiger partial charge in [0.1, 0.15) is 5.82 Å². The number of methoxy groups -OCH3 is 1. The molecule has 0 aliphatic carbocycles. The van der Waals surface area contributed by atoms with Gasteiger partial charge in [0.15, 0.2) is 0 Å². The van der Waals surface area contributed by atoms with Crippen molar-refractivity contribution < 1.29 is 22.3 Å². The van der Waals surface area contributed by atoms with Gasteiger partial charge in [-0.05, 0) is 49.4 Å². The smallest absolute Gasteiger partial charge is 0.258 e. The third-order valence-corrected chi connectivity index (χ3v) is 5.47. The molecule has 6 nitrogen and oxygen atoms in total. The summed E-state index contributed by atoms with van der Waals surface area (Å²) in [6, 6.07) is 9.23. The zero-order valence-corrected chi connectivity index (χ0v) is 16.5. The predicted molar refractivity (Wildman–Crippen MR) is 100 cm³/mol. The molecule has 2 aromatic carbocycles. The average molecular weight is 445 g/mol. The fourth-order valence-electron chi connectivity index (χ4n) is 2.20. The number of nitrogens with one attached hydrogen (secondary N) is 2. The van der Waals surface area contributed by atoms with Crippen LogP contribution in [-0.4, -0.2) is 34.1 Å². The standard InChI is InChI=1S/C17H18BrFN2O4S/c1-11(10-25-2)21-26(23,24)14-6-4-13(5-7-14)20-17(22)15-9-12(18)3-8-16(15)19/h3-9,11,21H,10H2,1-2H3,(H,20,22). The molecule has 0 spiro atoms. The Morgan fingerprint density at radius 3 is 2.50 bits per heavy atom. The van der Waals surface area contributed by atoms with Gasteiger partial charge in [-0.3, -0.25) is 4.79 Å². The van der Waals surface area contributed by atoms with Crippen LogP contribution in [0, 0.1) is 5.82 Å². The minimum atomic E-state index is -3.70. The monoisotopic (exact) mass is 444 g/mol. The van der Waals surface area contributed by atoms with Gasteiger partial charge in [-0.25, -0.2) is 17.5 Å². The highest BCUT2D eigenvalue weighted by Gasteiger charge is 2.18. The Hall–Kier alpha value is -1.81. The van der Waals surface area contributed by atoms with Crippen LogP contribution in [0.1, 0.15) is 17.3 Å². The number of carbonyl (C=O) groups excluding carboxylic acids is 1. The molecular formula is C17H18BrFN2O4S. The highest BCUT2D eigenvalue weighted by atomic mass is 79.9. The van der Waals surface area contributed by atoms with Crippen molar-refractivity contribution >= 4 is 37.5 Å². The second-order valence-corrected chi connectivity index (χ2v) is 8.21. The average Bonchev–Trinajstić information content (AvgIpc) is 2.57. The van der Waals surface area contributed by atoms with Crippen LogP contribution in [0.15, 0.2) is 51.8 Å². The quantitative estimate of drug-likeness (QED) is 0.686. The maximum Gasteiger partial charge on any atom is 0.258 e. The van der Waals surface area contributed by atoms with Gasteiger partial charge in [-0.1, -0.05) is 15.9 Å². The minimum absolute atomic E-state index is 0.0482. The van der Waals surface area contributed by atoms with Crippen molar-refractivity contribution in [3.8, 4) is 0 Å². The molecule has 0 saturated heterocycles. The number of hydrogen-bond acceptors (Lipinski definition) is 4. The lowest BCUT2D eigenvalue weighted by Gasteiger charge is -2.13. The van der Waals surface area contributed by atoms with Crippen LogP contribution in [0.5, 0.6) is 0 Å². The molecule has 0 saturated carbocycles. The van der Waals surface area contributed by atoms with Crippen LogP contribution in [0.3, 0.4) is 0 Å². The van der Waals surface area contributed by atoms with Crippen LogP contribution >= 0.6 is 15.9 Å². The number of amides is 1. The molecule has 1 amide bonds. The normalized spacial score (nSPS) is 12.6. The Morgan fingerprint density at radius 2 is 1.88 bits per heavy atom. The lowest BCUT2D eigenvalue weighted by molar-refractivity contribution is 0.102. The highest BCUT2D eigenvalue weighted by molar-refractivity contribution is 9.10. The molecule has 0 bridgehead atoms. The number of hydrogen-bond donors (Lipinski definition) is 2. The second-order valence-electron chi connectivity index (χ2n) is 5.58. The van der Waals surface area contributed by atoms with Crippen molar-refractivity contribution in [2.45, 2.75) is 17.9 Å². The van der Waals surface area contributed by atoms with Crippen molar-refractivity contribution in [2.24, 2.45) is 0 Å². The maximum atomic E-state index is 13.7. The predicted octanol–water partition coefficient (Wildman–Crippen LogP) is 3.15. The second kappa shape index (κ2) is 8.72. The Morgan fingerprint density at radius 1 is 1.23 bits per heavy atom. The Balaban J connectivity index is 2.12. The van der Waals surface area contributed by atoms with Gasteiger partial charge in [0.25, 0.3) is 5.91 Å². The van der Waals surface area contributed by atoms with E-state index in [1.807, 2.05) is 0 Å². The molecule has 9 heteroatoms. The number of halogens is 2. The van der Waals surface area contributed by atoms with Crippen LogP contribution in [0.25, 0.3) is 0 Å². The first kappa shape index (κ1) is 20.5. The summed E-state index contributed by atoms with van der Waals surface area (Å²) in [6.45, 7) is 1.92. The van der Waals surface area contributed by atoms with Gasteiger partial charge in [0.2, 0.25) is 10.0 Å². The third kappa shape index (κ3) is 5.34. The number of ether oxygens (including phenoxy) is 1. The first-order valence-electron chi connectivity index (χ1n) is 7.60. The lowest BCUT2D eigenvalue weighted by atomic mass is 10.2. The van der Waals surface area contributed by atoms with E-state index in [1.165, 1.54) is 49.6 Å². The van der Waals surface area contributed by atoms with Crippen molar-refractivity contribution in [3.05, 3.63) is 58.3 Å². The van der Waals surface area contributed by atoms with E-state index in [0.29, 0.717) is 10.2 Å². The molecule has 2 N–H and O–H groups in total. The summed E-state index contributed by atoms with van der Waals surface area (Å²) < 4.78 is 46.2. The van der Waals surface area contributed by atoms with E-state index >= 15 is 0 Å². The summed E-state index contributed by atoms with van der Waals surface area (Å²) in [5.41, 5.74) is 0.226. The molecular weight excluding hydrogens is 427 g/mol. The third-order valence-electron chi connectivity index (χ3n) is 3.37. The first-order valence-corrected chi connectivity index (χ1v) is 9.88. The van der Waals surface area contributed by atoms with E-state index in [0.717, 1.165) is 0 Å². The van der Waals surface area contributed by atoms with Gasteiger partial charge in [-0.2, -0.15) is 0 Å². The lowest BCUT2D eigenvalue weighted by Crippen LogP contribution is -2.35. The summed E-state index contributed by atoms with van der Waals surface area (Å²) in [6.07, 6.45) is 0. The van der Waals surface area contributed by atoms with Crippen molar-refractivity contribution in [2.75, 3.05) is 19.0 Å².